The van der Waals surface area contributed by atoms with Gasteiger partial charge in [0, 0.05) is 48.6 Å². The van der Waals surface area contributed by atoms with Gasteiger partial charge in [-0.05, 0) is 61.4 Å². The van der Waals surface area contributed by atoms with Crippen LogP contribution in [0.5, 0.6) is 5.75 Å². The zero-order valence-electron chi connectivity index (χ0n) is 19.9. The Kier molecular flexibility index (Phi) is 6.91. The third-order valence-corrected chi connectivity index (χ3v) is 6.53. The molecule has 1 saturated heterocycles. The van der Waals surface area contributed by atoms with Crippen molar-refractivity contribution in [2.75, 3.05) is 20.2 Å². The first kappa shape index (κ1) is 22.9. The highest BCUT2D eigenvalue weighted by Gasteiger charge is 2.23. The number of aromatic nitrogens is 2. The SMILES string of the molecule is COc1ccc(-c2nn(-c3ccccc3)cc2CN2CCC(NC(=O)c3ccccc3)CC2)cc1. The van der Waals surface area contributed by atoms with Crippen LogP contribution in [0.2, 0.25) is 0 Å². The molecule has 1 aliphatic heterocycles. The number of hydrogen-bond acceptors (Lipinski definition) is 4. The van der Waals surface area contributed by atoms with E-state index in [9.17, 15) is 4.79 Å². The first-order valence-electron chi connectivity index (χ1n) is 12.1. The third kappa shape index (κ3) is 5.44. The van der Waals surface area contributed by atoms with Crippen molar-refractivity contribution >= 4 is 5.91 Å². The minimum absolute atomic E-state index is 0.00924. The van der Waals surface area contributed by atoms with Gasteiger partial charge in [-0.2, -0.15) is 5.10 Å². The predicted molar refractivity (Wildman–Crippen MR) is 138 cm³/mol. The van der Waals surface area contributed by atoms with Crippen LogP contribution in [0, 0.1) is 0 Å². The number of carbonyl (C=O) groups is 1. The van der Waals surface area contributed by atoms with E-state index < -0.39 is 0 Å². The Morgan fingerprint density at radius 1 is 0.943 bits per heavy atom. The predicted octanol–water partition coefficient (Wildman–Crippen LogP) is 4.94. The Labute approximate surface area is 206 Å². The molecular formula is C29H30N4O2. The van der Waals surface area contributed by atoms with Crippen molar-refractivity contribution in [1.29, 1.82) is 0 Å². The molecule has 0 aliphatic carbocycles. The molecule has 1 aliphatic rings. The molecule has 1 amide bonds. The molecule has 5 rings (SSSR count). The highest BCUT2D eigenvalue weighted by molar-refractivity contribution is 5.94. The maximum Gasteiger partial charge on any atom is 0.251 e. The standard InChI is InChI=1S/C29H30N4O2/c1-35-27-14-12-22(13-15-27)28-24(21-33(31-28)26-10-6-3-7-11-26)20-32-18-16-25(17-19-32)30-29(34)23-8-4-2-5-9-23/h2-15,21,25H,16-20H2,1H3,(H,30,34). The number of hydrogen-bond donors (Lipinski definition) is 1. The van der Waals surface area contributed by atoms with E-state index in [0.717, 1.165) is 55.2 Å². The summed E-state index contributed by atoms with van der Waals surface area (Å²) < 4.78 is 7.29. The van der Waals surface area contributed by atoms with Crippen molar-refractivity contribution in [2.24, 2.45) is 0 Å². The molecule has 0 unspecified atom stereocenters. The van der Waals surface area contributed by atoms with Crippen LogP contribution in [0.1, 0.15) is 28.8 Å². The molecule has 0 saturated carbocycles. The molecule has 0 bridgehead atoms. The maximum atomic E-state index is 12.5. The van der Waals surface area contributed by atoms with Gasteiger partial charge in [0.2, 0.25) is 0 Å². The monoisotopic (exact) mass is 466 g/mol. The number of para-hydroxylation sites is 1. The second-order valence-electron chi connectivity index (χ2n) is 8.90. The third-order valence-electron chi connectivity index (χ3n) is 6.53. The normalized spacial score (nSPS) is 14.5. The van der Waals surface area contributed by atoms with Crippen molar-refractivity contribution < 1.29 is 9.53 Å². The number of likely N-dealkylation sites (tertiary alicyclic amines) is 1. The number of benzene rings is 3. The summed E-state index contributed by atoms with van der Waals surface area (Å²) in [7, 11) is 1.68. The van der Waals surface area contributed by atoms with Gasteiger partial charge in [0.25, 0.3) is 5.91 Å². The van der Waals surface area contributed by atoms with Crippen molar-refractivity contribution in [3.8, 4) is 22.7 Å². The fourth-order valence-electron chi connectivity index (χ4n) is 4.56. The van der Waals surface area contributed by atoms with Gasteiger partial charge < -0.3 is 10.1 Å². The quantitative estimate of drug-likeness (QED) is 0.419. The topological polar surface area (TPSA) is 59.4 Å². The zero-order chi connectivity index (χ0) is 24.0. The summed E-state index contributed by atoms with van der Waals surface area (Å²) in [5.74, 6) is 0.840. The summed E-state index contributed by atoms with van der Waals surface area (Å²) in [6.07, 6.45) is 4.00. The molecule has 0 atom stereocenters. The van der Waals surface area contributed by atoms with Gasteiger partial charge in [0.05, 0.1) is 18.5 Å². The van der Waals surface area contributed by atoms with Crippen LogP contribution in [-0.2, 0) is 6.54 Å². The van der Waals surface area contributed by atoms with Crippen LogP contribution in [-0.4, -0.2) is 46.8 Å². The first-order valence-corrected chi connectivity index (χ1v) is 12.1. The summed E-state index contributed by atoms with van der Waals surface area (Å²) in [5.41, 5.74) is 4.99. The Morgan fingerprint density at radius 3 is 2.26 bits per heavy atom. The maximum absolute atomic E-state index is 12.5. The number of methoxy groups -OCH3 is 1. The first-order chi connectivity index (χ1) is 17.2. The van der Waals surface area contributed by atoms with Gasteiger partial charge in [0.15, 0.2) is 0 Å². The van der Waals surface area contributed by atoms with E-state index in [4.69, 9.17) is 9.84 Å². The van der Waals surface area contributed by atoms with Crippen molar-refractivity contribution in [3.63, 3.8) is 0 Å². The number of piperidine rings is 1. The summed E-state index contributed by atoms with van der Waals surface area (Å²) in [4.78, 5) is 15.0. The summed E-state index contributed by atoms with van der Waals surface area (Å²) in [6.45, 7) is 2.67. The molecule has 3 aromatic carbocycles. The van der Waals surface area contributed by atoms with Gasteiger partial charge in [-0.1, -0.05) is 36.4 Å². The molecule has 0 spiro atoms. The van der Waals surface area contributed by atoms with Crippen molar-refractivity contribution in [1.82, 2.24) is 20.0 Å². The van der Waals surface area contributed by atoms with E-state index in [1.165, 1.54) is 5.56 Å². The van der Waals surface area contributed by atoms with Crippen LogP contribution in [0.3, 0.4) is 0 Å². The van der Waals surface area contributed by atoms with Gasteiger partial charge in [-0.3, -0.25) is 9.69 Å². The van der Waals surface area contributed by atoms with Crippen molar-refractivity contribution in [3.05, 3.63) is 102 Å². The van der Waals surface area contributed by atoms with E-state index in [2.05, 4.69) is 40.7 Å². The molecule has 4 aromatic rings. The molecule has 178 valence electrons. The van der Waals surface area contributed by atoms with E-state index in [1.54, 1.807) is 7.11 Å². The van der Waals surface area contributed by atoms with E-state index in [-0.39, 0.29) is 11.9 Å². The second kappa shape index (κ2) is 10.6. The highest BCUT2D eigenvalue weighted by Crippen LogP contribution is 2.27. The Morgan fingerprint density at radius 2 is 1.60 bits per heavy atom. The van der Waals surface area contributed by atoms with E-state index in [0.29, 0.717) is 5.56 Å². The van der Waals surface area contributed by atoms with Gasteiger partial charge in [-0.25, -0.2) is 4.68 Å². The molecule has 0 radical (unpaired) electrons. The summed E-state index contributed by atoms with van der Waals surface area (Å²) in [6, 6.07) is 27.9. The molecule has 1 fully saturated rings. The van der Waals surface area contributed by atoms with Crippen molar-refractivity contribution in [2.45, 2.75) is 25.4 Å². The zero-order valence-corrected chi connectivity index (χ0v) is 19.9. The summed E-state index contributed by atoms with van der Waals surface area (Å²) >= 11 is 0. The lowest BCUT2D eigenvalue weighted by molar-refractivity contribution is 0.0909. The average Bonchev–Trinajstić information content (AvgIpc) is 3.34. The van der Waals surface area contributed by atoms with Crippen LogP contribution >= 0.6 is 0 Å². The van der Waals surface area contributed by atoms with Gasteiger partial charge >= 0.3 is 0 Å². The number of carbonyl (C=O) groups excluding carboxylic acids is 1. The van der Waals surface area contributed by atoms with E-state index in [1.807, 2.05) is 65.3 Å². The lowest BCUT2D eigenvalue weighted by Crippen LogP contribution is -2.44. The molecule has 1 aromatic heterocycles. The van der Waals surface area contributed by atoms with Crippen LogP contribution in [0.25, 0.3) is 16.9 Å². The number of amides is 1. The number of nitrogens with zero attached hydrogens (tertiary/aromatic N) is 3. The highest BCUT2D eigenvalue weighted by atomic mass is 16.5. The minimum atomic E-state index is 0.00924. The Bertz CT molecular complexity index is 1250. The van der Waals surface area contributed by atoms with E-state index >= 15 is 0 Å². The smallest absolute Gasteiger partial charge is 0.251 e. The minimum Gasteiger partial charge on any atom is -0.497 e. The summed E-state index contributed by atoms with van der Waals surface area (Å²) in [5, 5.41) is 8.15. The molecule has 2 heterocycles. The molecule has 35 heavy (non-hydrogen) atoms. The number of rotatable bonds is 7. The fraction of sp³-hybridized carbons (Fsp3) is 0.241. The molecule has 6 heteroatoms. The lowest BCUT2D eigenvalue weighted by Gasteiger charge is -2.32. The molecule has 1 N–H and O–H groups in total. The Balaban J connectivity index is 1.29. The largest absolute Gasteiger partial charge is 0.497 e. The number of nitrogens with one attached hydrogen (secondary N) is 1. The second-order valence-corrected chi connectivity index (χ2v) is 8.90. The van der Waals surface area contributed by atoms with Gasteiger partial charge in [0.1, 0.15) is 5.75 Å². The van der Waals surface area contributed by atoms with Crippen LogP contribution in [0.4, 0.5) is 0 Å². The molecular weight excluding hydrogens is 436 g/mol. The average molecular weight is 467 g/mol. The lowest BCUT2D eigenvalue weighted by atomic mass is 10.0. The fourth-order valence-corrected chi connectivity index (χ4v) is 4.56. The molecule has 6 nitrogen and oxygen atoms in total. The van der Waals surface area contributed by atoms with Gasteiger partial charge in [-0.15, -0.1) is 0 Å². The number of ether oxygens (including phenoxy) is 1. The van der Waals surface area contributed by atoms with Crippen LogP contribution in [0.15, 0.2) is 91.1 Å². The van der Waals surface area contributed by atoms with Crippen LogP contribution < -0.4 is 10.1 Å². The Hall–Kier alpha value is -3.90.